The fourth-order valence-electron chi connectivity index (χ4n) is 3.66. The average molecular weight is 408 g/mol. The molecule has 6 heteroatoms. The third kappa shape index (κ3) is 4.22. The van der Waals surface area contributed by atoms with Gasteiger partial charge in [-0.25, -0.2) is 4.98 Å². The summed E-state index contributed by atoms with van der Waals surface area (Å²) in [5.41, 5.74) is 2.81. The number of carbonyl (C=O) groups is 1. The molecule has 5 nitrogen and oxygen atoms in total. The Morgan fingerprint density at radius 2 is 1.79 bits per heavy atom. The number of nitrogens with zero attached hydrogens (tertiary/aromatic N) is 3. The third-order valence-electron chi connectivity index (χ3n) is 5.34. The Morgan fingerprint density at radius 3 is 2.52 bits per heavy atom. The Morgan fingerprint density at radius 1 is 1.10 bits per heavy atom. The molecule has 0 aliphatic carbocycles. The molecule has 1 fully saturated rings. The Kier molecular flexibility index (Phi) is 5.72. The number of likely N-dealkylation sites (tertiary alicyclic amines) is 1. The first-order valence-electron chi connectivity index (χ1n) is 10.0. The second kappa shape index (κ2) is 8.41. The number of thioether (sulfide) groups is 1. The summed E-state index contributed by atoms with van der Waals surface area (Å²) in [6.45, 7) is 6.03. The SMILES string of the molecule is Cc1ccc(Cn2c(S[C@@H](C)C(=O)N3CCCC3)nc3ccccc3c2=O)cc1. The van der Waals surface area contributed by atoms with Gasteiger partial charge in [0.25, 0.3) is 5.56 Å². The van der Waals surface area contributed by atoms with Crippen molar-refractivity contribution < 1.29 is 4.79 Å². The summed E-state index contributed by atoms with van der Waals surface area (Å²) in [7, 11) is 0. The van der Waals surface area contributed by atoms with E-state index in [1.807, 2.05) is 67.3 Å². The van der Waals surface area contributed by atoms with Crippen molar-refractivity contribution in [3.8, 4) is 0 Å². The van der Waals surface area contributed by atoms with Crippen molar-refractivity contribution in [3.63, 3.8) is 0 Å². The van der Waals surface area contributed by atoms with Crippen molar-refractivity contribution in [1.82, 2.24) is 14.5 Å². The summed E-state index contributed by atoms with van der Waals surface area (Å²) >= 11 is 1.38. The molecule has 0 unspecified atom stereocenters. The molecule has 2 heterocycles. The monoisotopic (exact) mass is 407 g/mol. The largest absolute Gasteiger partial charge is 0.342 e. The lowest BCUT2D eigenvalue weighted by molar-refractivity contribution is -0.129. The van der Waals surface area contributed by atoms with Crippen LogP contribution in [0.15, 0.2) is 58.5 Å². The van der Waals surface area contributed by atoms with E-state index in [2.05, 4.69) is 0 Å². The highest BCUT2D eigenvalue weighted by molar-refractivity contribution is 8.00. The summed E-state index contributed by atoms with van der Waals surface area (Å²) in [6, 6.07) is 15.5. The van der Waals surface area contributed by atoms with Gasteiger partial charge >= 0.3 is 0 Å². The molecule has 0 N–H and O–H groups in total. The lowest BCUT2D eigenvalue weighted by atomic mass is 10.1. The predicted octanol–water partition coefficient (Wildman–Crippen LogP) is 3.86. The average Bonchev–Trinajstić information content (AvgIpc) is 3.26. The van der Waals surface area contributed by atoms with E-state index >= 15 is 0 Å². The fourth-order valence-corrected chi connectivity index (χ4v) is 4.65. The van der Waals surface area contributed by atoms with Crippen LogP contribution in [0.5, 0.6) is 0 Å². The zero-order chi connectivity index (χ0) is 20.4. The van der Waals surface area contributed by atoms with E-state index in [0.29, 0.717) is 22.6 Å². The van der Waals surface area contributed by atoms with Gasteiger partial charge in [-0.1, -0.05) is 53.7 Å². The summed E-state index contributed by atoms with van der Waals surface area (Å²) in [5, 5.41) is 0.905. The van der Waals surface area contributed by atoms with E-state index in [0.717, 1.165) is 31.5 Å². The van der Waals surface area contributed by atoms with Crippen molar-refractivity contribution in [2.24, 2.45) is 0 Å². The zero-order valence-electron chi connectivity index (χ0n) is 16.8. The van der Waals surface area contributed by atoms with Crippen LogP contribution in [0.1, 0.15) is 30.9 Å². The first kappa shape index (κ1) is 19.7. The molecule has 0 spiro atoms. The van der Waals surface area contributed by atoms with Gasteiger partial charge < -0.3 is 4.90 Å². The van der Waals surface area contributed by atoms with Crippen LogP contribution < -0.4 is 5.56 Å². The second-order valence-corrected chi connectivity index (χ2v) is 8.89. The van der Waals surface area contributed by atoms with E-state index < -0.39 is 0 Å². The molecule has 1 amide bonds. The number of para-hydroxylation sites is 1. The van der Waals surface area contributed by atoms with Crippen LogP contribution in [-0.2, 0) is 11.3 Å². The van der Waals surface area contributed by atoms with Gasteiger partial charge in [-0.05, 0) is 44.4 Å². The van der Waals surface area contributed by atoms with Gasteiger partial charge in [-0.3, -0.25) is 14.2 Å². The summed E-state index contributed by atoms with van der Waals surface area (Å²) in [6.07, 6.45) is 2.13. The minimum absolute atomic E-state index is 0.0699. The molecule has 2 aromatic carbocycles. The van der Waals surface area contributed by atoms with Gasteiger partial charge in [0.1, 0.15) is 0 Å². The molecule has 1 aromatic heterocycles. The molecule has 1 aliphatic rings. The second-order valence-electron chi connectivity index (χ2n) is 7.58. The number of benzene rings is 2. The molecule has 1 atom stereocenters. The van der Waals surface area contributed by atoms with Crippen molar-refractivity contribution in [2.45, 2.75) is 43.6 Å². The molecule has 29 heavy (non-hydrogen) atoms. The minimum Gasteiger partial charge on any atom is -0.342 e. The topological polar surface area (TPSA) is 55.2 Å². The summed E-state index contributed by atoms with van der Waals surface area (Å²) < 4.78 is 1.70. The predicted molar refractivity (Wildman–Crippen MR) is 117 cm³/mol. The van der Waals surface area contributed by atoms with E-state index in [9.17, 15) is 9.59 Å². The van der Waals surface area contributed by atoms with Crippen molar-refractivity contribution in [1.29, 1.82) is 0 Å². The molecule has 1 saturated heterocycles. The van der Waals surface area contributed by atoms with E-state index in [-0.39, 0.29) is 16.7 Å². The fraction of sp³-hybridized carbons (Fsp3) is 0.348. The van der Waals surface area contributed by atoms with Crippen molar-refractivity contribution >= 4 is 28.6 Å². The van der Waals surface area contributed by atoms with Crippen LogP contribution in [0, 0.1) is 6.92 Å². The molecule has 1 aliphatic heterocycles. The quantitative estimate of drug-likeness (QED) is 0.476. The van der Waals surface area contributed by atoms with Crippen LogP contribution in [0.25, 0.3) is 10.9 Å². The number of fused-ring (bicyclic) bond motifs is 1. The first-order chi connectivity index (χ1) is 14.0. The Hall–Kier alpha value is -2.60. The molecular weight excluding hydrogens is 382 g/mol. The number of hydrogen-bond acceptors (Lipinski definition) is 4. The maximum Gasteiger partial charge on any atom is 0.262 e. The van der Waals surface area contributed by atoms with Gasteiger partial charge in [-0.2, -0.15) is 0 Å². The third-order valence-corrected chi connectivity index (χ3v) is 6.41. The number of hydrogen-bond donors (Lipinski definition) is 0. The smallest absolute Gasteiger partial charge is 0.262 e. The Bertz CT molecular complexity index is 1090. The standard InChI is InChI=1S/C23H25N3O2S/c1-16-9-11-18(12-10-16)15-26-22(28)19-7-3-4-8-20(19)24-23(26)29-17(2)21(27)25-13-5-6-14-25/h3-4,7-12,17H,5-6,13-15H2,1-2H3/t17-/m0/s1. The summed E-state index contributed by atoms with van der Waals surface area (Å²) in [5.74, 6) is 0.122. The molecule has 150 valence electrons. The van der Waals surface area contributed by atoms with Crippen LogP contribution in [0.3, 0.4) is 0 Å². The van der Waals surface area contributed by atoms with Gasteiger partial charge in [0.05, 0.1) is 22.7 Å². The number of aryl methyl sites for hydroxylation is 1. The number of carbonyl (C=O) groups excluding carboxylic acids is 1. The van der Waals surface area contributed by atoms with Gasteiger partial charge in [0.2, 0.25) is 5.91 Å². The molecule has 4 rings (SSSR count). The highest BCUT2D eigenvalue weighted by atomic mass is 32.2. The normalized spacial score (nSPS) is 15.0. The molecular formula is C23H25N3O2S. The van der Waals surface area contributed by atoms with Crippen molar-refractivity contribution in [3.05, 3.63) is 70.0 Å². The molecule has 0 radical (unpaired) electrons. The number of rotatable bonds is 5. The maximum absolute atomic E-state index is 13.2. The number of amides is 1. The van der Waals surface area contributed by atoms with Crippen LogP contribution in [-0.4, -0.2) is 38.7 Å². The highest BCUT2D eigenvalue weighted by Crippen LogP contribution is 2.25. The first-order valence-corrected chi connectivity index (χ1v) is 10.9. The number of aromatic nitrogens is 2. The van der Waals surface area contributed by atoms with Gasteiger partial charge in [-0.15, -0.1) is 0 Å². The lowest BCUT2D eigenvalue weighted by Gasteiger charge is -2.21. The molecule has 0 saturated carbocycles. The van der Waals surface area contributed by atoms with Crippen LogP contribution >= 0.6 is 11.8 Å². The maximum atomic E-state index is 13.2. The lowest BCUT2D eigenvalue weighted by Crippen LogP contribution is -2.34. The molecule has 0 bridgehead atoms. The Balaban J connectivity index is 1.71. The molecule has 3 aromatic rings. The van der Waals surface area contributed by atoms with Crippen molar-refractivity contribution in [2.75, 3.05) is 13.1 Å². The zero-order valence-corrected chi connectivity index (χ0v) is 17.6. The van der Waals surface area contributed by atoms with E-state index in [1.54, 1.807) is 4.57 Å². The van der Waals surface area contributed by atoms with Gasteiger partial charge in [0, 0.05) is 13.1 Å². The van der Waals surface area contributed by atoms with E-state index in [1.165, 1.54) is 17.3 Å². The van der Waals surface area contributed by atoms with Crippen LogP contribution in [0.2, 0.25) is 0 Å². The van der Waals surface area contributed by atoms with Gasteiger partial charge in [0.15, 0.2) is 5.16 Å². The highest BCUT2D eigenvalue weighted by Gasteiger charge is 2.25. The van der Waals surface area contributed by atoms with E-state index in [4.69, 9.17) is 4.98 Å². The summed E-state index contributed by atoms with van der Waals surface area (Å²) in [4.78, 5) is 32.7. The van der Waals surface area contributed by atoms with Crippen LogP contribution in [0.4, 0.5) is 0 Å². The minimum atomic E-state index is -0.287. The Labute approximate surface area is 174 Å².